The molecule has 1 aromatic heterocycles. The van der Waals surface area contributed by atoms with Gasteiger partial charge in [0.1, 0.15) is 10.7 Å². The standard InChI is InChI=1S/C18H13ClN4O4/c19-14-7-6-13(10-16(14)23(26)27)20-18(25)15-8-9-17(24)22(21-15)11-12-4-2-1-3-5-12/h1-10H,11H2,(H,20,25). The van der Waals surface area contributed by atoms with Crippen LogP contribution in [0, 0.1) is 10.1 Å². The van der Waals surface area contributed by atoms with E-state index in [1.54, 1.807) is 0 Å². The minimum atomic E-state index is -0.643. The summed E-state index contributed by atoms with van der Waals surface area (Å²) in [5, 5.41) is 17.5. The Kier molecular flexibility index (Phi) is 5.28. The van der Waals surface area contributed by atoms with Crippen LogP contribution < -0.4 is 10.9 Å². The molecule has 0 aliphatic carbocycles. The molecule has 8 nitrogen and oxygen atoms in total. The summed E-state index contributed by atoms with van der Waals surface area (Å²) in [5.41, 5.74) is 0.383. The second kappa shape index (κ2) is 7.79. The average molecular weight is 385 g/mol. The largest absolute Gasteiger partial charge is 0.320 e. The predicted molar refractivity (Wildman–Crippen MR) is 100 cm³/mol. The number of carbonyl (C=O) groups excluding carboxylic acids is 1. The van der Waals surface area contributed by atoms with Crippen LogP contribution in [0.5, 0.6) is 0 Å². The lowest BCUT2D eigenvalue weighted by Crippen LogP contribution is -2.26. The van der Waals surface area contributed by atoms with Gasteiger partial charge in [0.05, 0.1) is 11.5 Å². The van der Waals surface area contributed by atoms with E-state index in [0.717, 1.165) is 11.6 Å². The zero-order valence-electron chi connectivity index (χ0n) is 13.8. The molecule has 0 atom stereocenters. The molecule has 3 rings (SSSR count). The van der Waals surface area contributed by atoms with E-state index in [1.165, 1.54) is 28.9 Å². The Morgan fingerprint density at radius 1 is 1.15 bits per heavy atom. The molecular weight excluding hydrogens is 372 g/mol. The van der Waals surface area contributed by atoms with Crippen LogP contribution in [0.3, 0.4) is 0 Å². The minimum Gasteiger partial charge on any atom is -0.320 e. The number of hydrogen-bond acceptors (Lipinski definition) is 5. The Morgan fingerprint density at radius 3 is 2.59 bits per heavy atom. The third-order valence-electron chi connectivity index (χ3n) is 3.68. The Balaban J connectivity index is 1.83. The van der Waals surface area contributed by atoms with Gasteiger partial charge >= 0.3 is 0 Å². The molecule has 0 saturated heterocycles. The van der Waals surface area contributed by atoms with Gasteiger partial charge < -0.3 is 5.32 Å². The lowest BCUT2D eigenvalue weighted by Gasteiger charge is -2.08. The van der Waals surface area contributed by atoms with Gasteiger partial charge in [-0.25, -0.2) is 4.68 Å². The highest BCUT2D eigenvalue weighted by Gasteiger charge is 2.15. The topological polar surface area (TPSA) is 107 Å². The van der Waals surface area contributed by atoms with Crippen molar-refractivity contribution in [3.63, 3.8) is 0 Å². The van der Waals surface area contributed by atoms with Crippen LogP contribution in [0.25, 0.3) is 0 Å². The Hall–Kier alpha value is -3.52. The summed E-state index contributed by atoms with van der Waals surface area (Å²) >= 11 is 5.76. The summed E-state index contributed by atoms with van der Waals surface area (Å²) in [5.74, 6) is -0.603. The third-order valence-corrected chi connectivity index (χ3v) is 3.99. The van der Waals surface area contributed by atoms with Gasteiger partial charge in [-0.15, -0.1) is 0 Å². The van der Waals surface area contributed by atoms with Gasteiger partial charge in [0.15, 0.2) is 0 Å². The van der Waals surface area contributed by atoms with E-state index in [0.29, 0.717) is 0 Å². The summed E-state index contributed by atoms with van der Waals surface area (Å²) in [6, 6.07) is 15.7. The van der Waals surface area contributed by atoms with Crippen molar-refractivity contribution in [2.24, 2.45) is 0 Å². The predicted octanol–water partition coefficient (Wildman–Crippen LogP) is 3.11. The molecule has 0 unspecified atom stereocenters. The van der Waals surface area contributed by atoms with Crippen LogP contribution in [0.1, 0.15) is 16.1 Å². The van der Waals surface area contributed by atoms with Gasteiger partial charge in [0.2, 0.25) is 0 Å². The molecule has 0 aliphatic rings. The number of nitrogens with one attached hydrogen (secondary N) is 1. The number of benzene rings is 2. The lowest BCUT2D eigenvalue weighted by molar-refractivity contribution is -0.384. The van der Waals surface area contributed by atoms with Crippen molar-refractivity contribution >= 4 is 28.9 Å². The average Bonchev–Trinajstić information content (AvgIpc) is 2.65. The molecule has 3 aromatic rings. The van der Waals surface area contributed by atoms with Gasteiger partial charge in [-0.1, -0.05) is 41.9 Å². The number of aromatic nitrogens is 2. The molecule has 0 fully saturated rings. The van der Waals surface area contributed by atoms with Crippen molar-refractivity contribution in [1.29, 1.82) is 0 Å². The fourth-order valence-electron chi connectivity index (χ4n) is 2.37. The number of amides is 1. The third kappa shape index (κ3) is 4.36. The van der Waals surface area contributed by atoms with Crippen LogP contribution in [-0.2, 0) is 6.54 Å². The first kappa shape index (κ1) is 18.3. The smallest absolute Gasteiger partial charge is 0.289 e. The number of rotatable bonds is 5. The first-order valence-electron chi connectivity index (χ1n) is 7.81. The maximum Gasteiger partial charge on any atom is 0.289 e. The molecule has 0 spiro atoms. The highest BCUT2D eigenvalue weighted by Crippen LogP contribution is 2.27. The molecule has 0 aliphatic heterocycles. The summed E-state index contributed by atoms with van der Waals surface area (Å²) in [6.07, 6.45) is 0. The number of hydrogen-bond donors (Lipinski definition) is 1. The van der Waals surface area contributed by atoms with Crippen molar-refractivity contribution in [2.45, 2.75) is 6.54 Å². The minimum absolute atomic E-state index is 0.00290. The van der Waals surface area contributed by atoms with Gasteiger partial charge in [-0.2, -0.15) is 5.10 Å². The molecule has 27 heavy (non-hydrogen) atoms. The van der Waals surface area contributed by atoms with Gasteiger partial charge in [-0.05, 0) is 23.8 Å². The molecule has 1 amide bonds. The number of carbonyl (C=O) groups is 1. The molecule has 9 heteroatoms. The molecule has 0 radical (unpaired) electrons. The number of nitro benzene ring substituents is 1. The zero-order chi connectivity index (χ0) is 19.4. The number of nitro groups is 1. The highest BCUT2D eigenvalue weighted by molar-refractivity contribution is 6.32. The molecule has 0 bridgehead atoms. The number of nitrogens with zero attached hydrogens (tertiary/aromatic N) is 3. The normalized spacial score (nSPS) is 10.4. The summed E-state index contributed by atoms with van der Waals surface area (Å²) in [6.45, 7) is 0.215. The van der Waals surface area contributed by atoms with E-state index >= 15 is 0 Å². The van der Waals surface area contributed by atoms with Crippen LogP contribution in [0.4, 0.5) is 11.4 Å². The van der Waals surface area contributed by atoms with E-state index in [9.17, 15) is 19.7 Å². The van der Waals surface area contributed by atoms with Crippen LogP contribution in [0.15, 0.2) is 65.5 Å². The van der Waals surface area contributed by atoms with Gasteiger partial charge in [0.25, 0.3) is 17.2 Å². The van der Waals surface area contributed by atoms with E-state index in [-0.39, 0.29) is 34.2 Å². The molecule has 1 N–H and O–H groups in total. The molecule has 0 saturated carbocycles. The van der Waals surface area contributed by atoms with E-state index in [1.807, 2.05) is 30.3 Å². The van der Waals surface area contributed by atoms with Crippen LogP contribution >= 0.6 is 11.6 Å². The first-order chi connectivity index (χ1) is 12.9. The lowest BCUT2D eigenvalue weighted by atomic mass is 10.2. The number of anilines is 1. The van der Waals surface area contributed by atoms with Crippen LogP contribution in [0.2, 0.25) is 5.02 Å². The Morgan fingerprint density at radius 2 is 1.89 bits per heavy atom. The molecule has 2 aromatic carbocycles. The number of halogens is 1. The Bertz CT molecular complexity index is 1070. The zero-order valence-corrected chi connectivity index (χ0v) is 14.6. The molecular formula is C18H13ClN4O4. The van der Waals surface area contributed by atoms with Gasteiger partial charge in [0, 0.05) is 17.8 Å². The van der Waals surface area contributed by atoms with Gasteiger partial charge in [-0.3, -0.25) is 19.7 Å². The second-order valence-electron chi connectivity index (χ2n) is 5.58. The summed E-state index contributed by atoms with van der Waals surface area (Å²) in [7, 11) is 0. The maximum atomic E-state index is 12.4. The highest BCUT2D eigenvalue weighted by atomic mass is 35.5. The van der Waals surface area contributed by atoms with Crippen molar-refractivity contribution in [1.82, 2.24) is 9.78 Å². The summed E-state index contributed by atoms with van der Waals surface area (Å²) in [4.78, 5) is 34.7. The maximum absolute atomic E-state index is 12.4. The molecule has 1 heterocycles. The summed E-state index contributed by atoms with van der Waals surface area (Å²) < 4.78 is 1.18. The SMILES string of the molecule is O=C(Nc1ccc(Cl)c([N+](=O)[O-])c1)c1ccc(=O)n(Cc2ccccc2)n1. The van der Waals surface area contributed by atoms with Crippen LogP contribution in [-0.4, -0.2) is 20.6 Å². The van der Waals surface area contributed by atoms with Crippen molar-refractivity contribution in [3.05, 3.63) is 97.4 Å². The quantitative estimate of drug-likeness (QED) is 0.537. The molecule has 136 valence electrons. The second-order valence-corrected chi connectivity index (χ2v) is 5.98. The van der Waals surface area contributed by atoms with Crippen molar-refractivity contribution in [2.75, 3.05) is 5.32 Å². The fourth-order valence-corrected chi connectivity index (χ4v) is 2.55. The van der Waals surface area contributed by atoms with Crippen molar-refractivity contribution in [3.8, 4) is 0 Å². The first-order valence-corrected chi connectivity index (χ1v) is 8.19. The Labute approximate surface area is 158 Å². The van der Waals surface area contributed by atoms with E-state index in [2.05, 4.69) is 10.4 Å². The van der Waals surface area contributed by atoms with E-state index in [4.69, 9.17) is 11.6 Å². The fraction of sp³-hybridized carbons (Fsp3) is 0.0556. The van der Waals surface area contributed by atoms with E-state index < -0.39 is 10.8 Å². The van der Waals surface area contributed by atoms with Crippen molar-refractivity contribution < 1.29 is 9.72 Å². The monoisotopic (exact) mass is 384 g/mol.